The molecular formula is C39H34N2. The van der Waals surface area contributed by atoms with Crippen LogP contribution in [0, 0.1) is 6.92 Å². The van der Waals surface area contributed by atoms with Crippen LogP contribution in [0.5, 0.6) is 0 Å². The molecule has 0 amide bonds. The first-order valence-electron chi connectivity index (χ1n) is 14.2. The van der Waals surface area contributed by atoms with Crippen molar-refractivity contribution in [2.75, 3.05) is 9.80 Å². The molecule has 6 aromatic rings. The van der Waals surface area contributed by atoms with E-state index in [1.165, 1.54) is 16.7 Å². The number of hydrogen-bond donors (Lipinski definition) is 0. The summed E-state index contributed by atoms with van der Waals surface area (Å²) in [6.45, 7) is 2.13. The molecule has 200 valence electrons. The Kier molecular flexibility index (Phi) is 7.91. The van der Waals surface area contributed by atoms with Gasteiger partial charge in [0, 0.05) is 34.1 Å². The molecule has 0 atom stereocenters. The lowest BCUT2D eigenvalue weighted by Gasteiger charge is -2.26. The van der Waals surface area contributed by atoms with Crippen LogP contribution in [-0.2, 0) is 12.8 Å². The smallest absolute Gasteiger partial charge is 0.0461 e. The molecule has 0 spiro atoms. The minimum atomic E-state index is 0.997. The van der Waals surface area contributed by atoms with Crippen LogP contribution < -0.4 is 9.80 Å². The quantitative estimate of drug-likeness (QED) is 0.183. The van der Waals surface area contributed by atoms with Crippen molar-refractivity contribution < 1.29 is 0 Å². The van der Waals surface area contributed by atoms with Crippen molar-refractivity contribution in [3.63, 3.8) is 0 Å². The van der Waals surface area contributed by atoms with Gasteiger partial charge in [-0.1, -0.05) is 96.6 Å². The van der Waals surface area contributed by atoms with E-state index < -0.39 is 0 Å². The van der Waals surface area contributed by atoms with Gasteiger partial charge < -0.3 is 9.80 Å². The van der Waals surface area contributed by atoms with E-state index in [9.17, 15) is 0 Å². The zero-order valence-corrected chi connectivity index (χ0v) is 23.4. The van der Waals surface area contributed by atoms with Crippen LogP contribution in [0.1, 0.15) is 16.7 Å². The first kappa shape index (κ1) is 26.2. The number of hydrogen-bond acceptors (Lipinski definition) is 2. The van der Waals surface area contributed by atoms with Gasteiger partial charge >= 0.3 is 0 Å². The molecule has 0 aromatic heterocycles. The Morgan fingerprint density at radius 3 is 0.902 bits per heavy atom. The van der Waals surface area contributed by atoms with E-state index in [0.717, 1.165) is 47.0 Å². The van der Waals surface area contributed by atoms with Gasteiger partial charge in [0.05, 0.1) is 0 Å². The Balaban J connectivity index is 1.17. The summed E-state index contributed by atoms with van der Waals surface area (Å²) in [5, 5.41) is 0. The fourth-order valence-electron chi connectivity index (χ4n) is 5.23. The first-order chi connectivity index (χ1) is 20.2. The topological polar surface area (TPSA) is 6.48 Å². The number of benzene rings is 6. The molecule has 0 saturated carbocycles. The molecule has 0 unspecified atom stereocenters. The van der Waals surface area contributed by atoms with Crippen LogP contribution in [0.3, 0.4) is 0 Å². The lowest BCUT2D eigenvalue weighted by molar-refractivity contribution is 0.959. The van der Waals surface area contributed by atoms with Gasteiger partial charge in [-0.15, -0.1) is 0 Å². The van der Waals surface area contributed by atoms with Gasteiger partial charge in [0.15, 0.2) is 0 Å². The molecule has 0 fully saturated rings. The van der Waals surface area contributed by atoms with Crippen molar-refractivity contribution in [3.05, 3.63) is 180 Å². The molecule has 0 heterocycles. The van der Waals surface area contributed by atoms with Gasteiger partial charge in [0.25, 0.3) is 0 Å². The lowest BCUT2D eigenvalue weighted by Crippen LogP contribution is -2.10. The summed E-state index contributed by atoms with van der Waals surface area (Å²) >= 11 is 0. The van der Waals surface area contributed by atoms with Crippen molar-refractivity contribution >= 4 is 34.1 Å². The molecule has 6 aromatic carbocycles. The van der Waals surface area contributed by atoms with Crippen LogP contribution in [0.4, 0.5) is 34.1 Å². The van der Waals surface area contributed by atoms with Gasteiger partial charge in [0.2, 0.25) is 0 Å². The SMILES string of the molecule is Cc1ccc(N(c2ccccc2)c2ccc(CCc3ccc(N(c4ccccc4)c4ccccc4)cc3)cc2)cc1. The highest BCUT2D eigenvalue weighted by molar-refractivity contribution is 5.77. The predicted molar refractivity (Wildman–Crippen MR) is 174 cm³/mol. The van der Waals surface area contributed by atoms with E-state index in [2.05, 4.69) is 181 Å². The molecule has 0 N–H and O–H groups in total. The molecule has 0 aliphatic carbocycles. The second-order valence-corrected chi connectivity index (χ2v) is 10.3. The third kappa shape index (κ3) is 6.23. The highest BCUT2D eigenvalue weighted by atomic mass is 15.1. The van der Waals surface area contributed by atoms with Crippen LogP contribution in [0.2, 0.25) is 0 Å². The van der Waals surface area contributed by atoms with Gasteiger partial charge in [-0.05, 0) is 104 Å². The third-order valence-corrected chi connectivity index (χ3v) is 7.43. The molecular weight excluding hydrogens is 496 g/mol. The molecule has 2 nitrogen and oxygen atoms in total. The van der Waals surface area contributed by atoms with Gasteiger partial charge in [0.1, 0.15) is 0 Å². The van der Waals surface area contributed by atoms with Crippen LogP contribution in [0.15, 0.2) is 164 Å². The van der Waals surface area contributed by atoms with E-state index in [4.69, 9.17) is 0 Å². The summed E-state index contributed by atoms with van der Waals surface area (Å²) in [6, 6.07) is 58.4. The fraction of sp³-hybridized carbons (Fsp3) is 0.0769. The maximum atomic E-state index is 2.31. The van der Waals surface area contributed by atoms with Crippen LogP contribution >= 0.6 is 0 Å². The number of para-hydroxylation sites is 3. The minimum Gasteiger partial charge on any atom is -0.311 e. The van der Waals surface area contributed by atoms with Crippen molar-refractivity contribution in [3.8, 4) is 0 Å². The number of rotatable bonds is 9. The van der Waals surface area contributed by atoms with Crippen LogP contribution in [0.25, 0.3) is 0 Å². The summed E-state index contributed by atoms with van der Waals surface area (Å²) in [5.74, 6) is 0. The van der Waals surface area contributed by atoms with Crippen molar-refractivity contribution in [2.24, 2.45) is 0 Å². The standard InChI is InChI=1S/C39H34N2/c1-31-17-25-37(26-18-31)41(36-15-9-4-10-16-36)39-29-23-33(24-30-39)20-19-32-21-27-38(28-22-32)40(34-11-5-2-6-12-34)35-13-7-3-8-14-35/h2-18,21-30H,19-20H2,1H3. The summed E-state index contributed by atoms with van der Waals surface area (Å²) in [7, 11) is 0. The Morgan fingerprint density at radius 2 is 0.585 bits per heavy atom. The van der Waals surface area contributed by atoms with E-state index in [1.807, 2.05) is 0 Å². The molecule has 2 heteroatoms. The van der Waals surface area contributed by atoms with E-state index in [0.29, 0.717) is 0 Å². The van der Waals surface area contributed by atoms with E-state index in [1.54, 1.807) is 0 Å². The fourth-order valence-corrected chi connectivity index (χ4v) is 5.23. The normalized spacial score (nSPS) is 10.8. The average Bonchev–Trinajstić information content (AvgIpc) is 3.04. The largest absolute Gasteiger partial charge is 0.311 e. The summed E-state index contributed by atoms with van der Waals surface area (Å²) in [5.41, 5.74) is 10.9. The molecule has 0 bridgehead atoms. The van der Waals surface area contributed by atoms with Gasteiger partial charge in [-0.3, -0.25) is 0 Å². The van der Waals surface area contributed by atoms with Crippen LogP contribution in [-0.4, -0.2) is 0 Å². The van der Waals surface area contributed by atoms with Crippen molar-refractivity contribution in [1.82, 2.24) is 0 Å². The molecule has 0 radical (unpaired) electrons. The second-order valence-electron chi connectivity index (χ2n) is 10.3. The molecule has 0 aliphatic heterocycles. The molecule has 41 heavy (non-hydrogen) atoms. The molecule has 0 saturated heterocycles. The first-order valence-corrected chi connectivity index (χ1v) is 14.2. The summed E-state index contributed by atoms with van der Waals surface area (Å²) in [4.78, 5) is 4.61. The Morgan fingerprint density at radius 1 is 0.317 bits per heavy atom. The van der Waals surface area contributed by atoms with Crippen molar-refractivity contribution in [1.29, 1.82) is 0 Å². The second kappa shape index (κ2) is 12.4. The molecule has 0 aliphatic rings. The number of aryl methyl sites for hydroxylation is 3. The minimum absolute atomic E-state index is 0.997. The monoisotopic (exact) mass is 530 g/mol. The van der Waals surface area contributed by atoms with E-state index >= 15 is 0 Å². The Labute approximate surface area is 243 Å². The summed E-state index contributed by atoms with van der Waals surface area (Å²) in [6.07, 6.45) is 1.99. The zero-order chi connectivity index (χ0) is 27.9. The van der Waals surface area contributed by atoms with Gasteiger partial charge in [-0.2, -0.15) is 0 Å². The maximum Gasteiger partial charge on any atom is 0.0461 e. The maximum absolute atomic E-state index is 2.31. The average molecular weight is 531 g/mol. The van der Waals surface area contributed by atoms with E-state index in [-0.39, 0.29) is 0 Å². The third-order valence-electron chi connectivity index (χ3n) is 7.43. The molecule has 6 rings (SSSR count). The highest BCUT2D eigenvalue weighted by Gasteiger charge is 2.13. The zero-order valence-electron chi connectivity index (χ0n) is 23.4. The highest BCUT2D eigenvalue weighted by Crippen LogP contribution is 2.36. The number of nitrogens with zero attached hydrogens (tertiary/aromatic N) is 2. The number of anilines is 6. The summed E-state index contributed by atoms with van der Waals surface area (Å²) < 4.78 is 0. The predicted octanol–water partition coefficient (Wildman–Crippen LogP) is 10.7. The Bertz CT molecular complexity index is 1600. The Hall–Kier alpha value is -5.08. The van der Waals surface area contributed by atoms with Gasteiger partial charge in [-0.25, -0.2) is 0 Å². The lowest BCUT2D eigenvalue weighted by atomic mass is 10.0. The van der Waals surface area contributed by atoms with Crippen molar-refractivity contribution in [2.45, 2.75) is 19.8 Å².